The van der Waals surface area contributed by atoms with Gasteiger partial charge in [0.25, 0.3) is 0 Å². The van der Waals surface area contributed by atoms with Crippen LogP contribution in [0.1, 0.15) is 32.4 Å². The molecule has 0 saturated carbocycles. The number of nitrogens with one attached hydrogen (secondary N) is 1. The molecule has 0 saturated heterocycles. The minimum atomic E-state index is 0.265. The molecule has 1 aromatic carbocycles. The van der Waals surface area contributed by atoms with Crippen LogP contribution < -0.4 is 5.32 Å². The summed E-state index contributed by atoms with van der Waals surface area (Å²) in [6, 6.07) is 6.05. The molecule has 0 aliphatic heterocycles. The average Bonchev–Trinajstić information content (AvgIpc) is 2.19. The van der Waals surface area contributed by atoms with Crippen LogP contribution in [0.15, 0.2) is 18.2 Å². The van der Waals surface area contributed by atoms with Crippen LogP contribution in [0, 0.1) is 5.92 Å². The summed E-state index contributed by atoms with van der Waals surface area (Å²) in [6.07, 6.45) is 0. The largest absolute Gasteiger partial charge is 0.310 e. The van der Waals surface area contributed by atoms with E-state index in [1.54, 1.807) is 0 Å². The van der Waals surface area contributed by atoms with Crippen molar-refractivity contribution in [3.05, 3.63) is 33.8 Å². The number of halogens is 2. The highest BCUT2D eigenvalue weighted by Crippen LogP contribution is 2.32. The molecule has 1 atom stereocenters. The minimum absolute atomic E-state index is 0.265. The zero-order valence-corrected chi connectivity index (χ0v) is 10.9. The lowest BCUT2D eigenvalue weighted by Gasteiger charge is -2.23. The minimum Gasteiger partial charge on any atom is -0.310 e. The van der Waals surface area contributed by atoms with Gasteiger partial charge in [0.1, 0.15) is 0 Å². The van der Waals surface area contributed by atoms with E-state index in [-0.39, 0.29) is 6.04 Å². The van der Waals surface area contributed by atoms with Crippen LogP contribution in [0.25, 0.3) is 0 Å². The molecule has 3 heteroatoms. The molecule has 84 valence electrons. The monoisotopic (exact) mass is 245 g/mol. The summed E-state index contributed by atoms with van der Waals surface area (Å²) >= 11 is 12.2. The van der Waals surface area contributed by atoms with Crippen molar-refractivity contribution in [2.75, 3.05) is 6.54 Å². The Morgan fingerprint density at radius 2 is 1.93 bits per heavy atom. The summed E-state index contributed by atoms with van der Waals surface area (Å²) in [6.45, 7) is 7.36. The SMILES string of the molecule is CCNC(c1cccc(Cl)c1Cl)C(C)C. The van der Waals surface area contributed by atoms with E-state index in [1.165, 1.54) is 0 Å². The van der Waals surface area contributed by atoms with Crippen LogP contribution >= 0.6 is 23.2 Å². The highest BCUT2D eigenvalue weighted by Gasteiger charge is 2.18. The van der Waals surface area contributed by atoms with Gasteiger partial charge in [-0.05, 0) is 24.1 Å². The highest BCUT2D eigenvalue weighted by molar-refractivity contribution is 6.42. The Morgan fingerprint density at radius 1 is 1.27 bits per heavy atom. The molecule has 0 bridgehead atoms. The zero-order valence-electron chi connectivity index (χ0n) is 9.35. The van der Waals surface area contributed by atoms with E-state index in [4.69, 9.17) is 23.2 Å². The molecule has 0 aliphatic carbocycles. The first-order chi connectivity index (χ1) is 7.07. The van der Waals surface area contributed by atoms with Gasteiger partial charge >= 0.3 is 0 Å². The summed E-state index contributed by atoms with van der Waals surface area (Å²) in [5.74, 6) is 0.487. The normalized spacial score (nSPS) is 13.2. The van der Waals surface area contributed by atoms with E-state index < -0.39 is 0 Å². The Bertz CT molecular complexity index is 323. The molecular formula is C12H17Cl2N. The molecule has 0 aliphatic rings. The lowest BCUT2D eigenvalue weighted by molar-refractivity contribution is 0.422. The Balaban J connectivity index is 3.05. The first kappa shape index (κ1) is 12.8. The Kier molecular flexibility index (Phi) is 4.91. The molecule has 0 aromatic heterocycles. The smallest absolute Gasteiger partial charge is 0.0640 e. The summed E-state index contributed by atoms with van der Waals surface area (Å²) in [5.41, 5.74) is 1.08. The predicted molar refractivity (Wildman–Crippen MR) is 67.7 cm³/mol. The van der Waals surface area contributed by atoms with Crippen molar-refractivity contribution in [1.29, 1.82) is 0 Å². The molecule has 0 heterocycles. The number of hydrogen-bond donors (Lipinski definition) is 1. The number of rotatable bonds is 4. The van der Waals surface area contributed by atoms with E-state index in [2.05, 4.69) is 26.1 Å². The van der Waals surface area contributed by atoms with Crippen LogP contribution in [0.4, 0.5) is 0 Å². The van der Waals surface area contributed by atoms with Crippen molar-refractivity contribution in [3.8, 4) is 0 Å². The van der Waals surface area contributed by atoms with Gasteiger partial charge in [-0.1, -0.05) is 56.1 Å². The fraction of sp³-hybridized carbons (Fsp3) is 0.500. The van der Waals surface area contributed by atoms with Gasteiger partial charge in [-0.2, -0.15) is 0 Å². The van der Waals surface area contributed by atoms with Gasteiger partial charge < -0.3 is 5.32 Å². The van der Waals surface area contributed by atoms with Crippen LogP contribution in [0.2, 0.25) is 10.0 Å². The first-order valence-corrected chi connectivity index (χ1v) is 6.00. The van der Waals surface area contributed by atoms with Gasteiger partial charge in [-0.25, -0.2) is 0 Å². The van der Waals surface area contributed by atoms with E-state index >= 15 is 0 Å². The lowest BCUT2D eigenvalue weighted by Crippen LogP contribution is -2.25. The van der Waals surface area contributed by atoms with Gasteiger partial charge in [0.2, 0.25) is 0 Å². The van der Waals surface area contributed by atoms with Crippen LogP contribution in [-0.2, 0) is 0 Å². The Hall–Kier alpha value is -0.240. The maximum absolute atomic E-state index is 6.20. The third kappa shape index (κ3) is 3.10. The molecule has 1 rings (SSSR count). The van der Waals surface area contributed by atoms with Crippen molar-refractivity contribution in [1.82, 2.24) is 5.32 Å². The molecule has 1 N–H and O–H groups in total. The van der Waals surface area contributed by atoms with Gasteiger partial charge in [0.15, 0.2) is 0 Å². The summed E-state index contributed by atoms with van der Waals surface area (Å²) in [4.78, 5) is 0. The van der Waals surface area contributed by atoms with E-state index in [0.29, 0.717) is 16.0 Å². The maximum atomic E-state index is 6.20. The second kappa shape index (κ2) is 5.74. The molecule has 0 fully saturated rings. The van der Waals surface area contributed by atoms with Crippen molar-refractivity contribution in [2.24, 2.45) is 5.92 Å². The molecule has 1 aromatic rings. The van der Waals surface area contributed by atoms with E-state index in [9.17, 15) is 0 Å². The third-order valence-corrected chi connectivity index (χ3v) is 3.24. The molecule has 15 heavy (non-hydrogen) atoms. The predicted octanol–water partition coefficient (Wildman–Crippen LogP) is 4.30. The molecule has 1 unspecified atom stereocenters. The van der Waals surface area contributed by atoms with E-state index in [1.807, 2.05) is 18.2 Å². The first-order valence-electron chi connectivity index (χ1n) is 5.25. The van der Waals surface area contributed by atoms with Crippen molar-refractivity contribution < 1.29 is 0 Å². The third-order valence-electron chi connectivity index (χ3n) is 2.41. The molecule has 0 spiro atoms. The summed E-state index contributed by atoms with van der Waals surface area (Å²) < 4.78 is 0. The molecule has 0 amide bonds. The van der Waals surface area contributed by atoms with Crippen LogP contribution in [-0.4, -0.2) is 6.54 Å². The summed E-state index contributed by atoms with van der Waals surface area (Å²) in [5, 5.41) is 4.71. The fourth-order valence-corrected chi connectivity index (χ4v) is 2.11. The molecular weight excluding hydrogens is 229 g/mol. The Labute approximate surface area is 102 Å². The standard InChI is InChI=1S/C12H17Cl2N/c1-4-15-12(8(2)3)9-6-5-7-10(13)11(9)14/h5-8,12,15H,4H2,1-3H3. The van der Waals surface area contributed by atoms with Crippen LogP contribution in [0.3, 0.4) is 0 Å². The van der Waals surface area contributed by atoms with Crippen LogP contribution in [0.5, 0.6) is 0 Å². The van der Waals surface area contributed by atoms with Gasteiger partial charge in [-0.3, -0.25) is 0 Å². The van der Waals surface area contributed by atoms with Crippen molar-refractivity contribution in [3.63, 3.8) is 0 Å². The molecule has 0 radical (unpaired) electrons. The quantitative estimate of drug-likeness (QED) is 0.835. The average molecular weight is 246 g/mol. The topological polar surface area (TPSA) is 12.0 Å². The second-order valence-corrected chi connectivity index (χ2v) is 4.71. The number of benzene rings is 1. The van der Waals surface area contributed by atoms with Gasteiger partial charge in [0, 0.05) is 6.04 Å². The van der Waals surface area contributed by atoms with Crippen molar-refractivity contribution in [2.45, 2.75) is 26.8 Å². The van der Waals surface area contributed by atoms with Crippen molar-refractivity contribution >= 4 is 23.2 Å². The zero-order chi connectivity index (χ0) is 11.4. The Morgan fingerprint density at radius 3 is 2.47 bits per heavy atom. The molecule has 1 nitrogen and oxygen atoms in total. The maximum Gasteiger partial charge on any atom is 0.0640 e. The van der Waals surface area contributed by atoms with Gasteiger partial charge in [-0.15, -0.1) is 0 Å². The fourth-order valence-electron chi connectivity index (χ4n) is 1.69. The lowest BCUT2D eigenvalue weighted by atomic mass is 9.96. The van der Waals surface area contributed by atoms with Gasteiger partial charge in [0.05, 0.1) is 10.0 Å². The second-order valence-electron chi connectivity index (χ2n) is 3.92. The highest BCUT2D eigenvalue weighted by atomic mass is 35.5. The van der Waals surface area contributed by atoms with E-state index in [0.717, 1.165) is 12.1 Å². The summed E-state index contributed by atoms with van der Waals surface area (Å²) in [7, 11) is 0. The number of hydrogen-bond acceptors (Lipinski definition) is 1.